The number of halogens is 1. The number of nitrogens with one attached hydrogen (secondary N) is 1. The van der Waals surface area contributed by atoms with Crippen molar-refractivity contribution in [3.63, 3.8) is 0 Å². The zero-order valence-electron chi connectivity index (χ0n) is 17.6. The molecular formula is C21H19ClN4O6S. The Kier molecular flexibility index (Phi) is 5.62. The van der Waals surface area contributed by atoms with Crippen LogP contribution in [0.1, 0.15) is 25.1 Å². The number of carbonyl (C=O) groups is 1. The molecule has 0 fully saturated rings. The number of hydrogen-bond acceptors (Lipinski definition) is 7. The Bertz CT molecular complexity index is 1350. The number of aromatic nitrogens is 2. The van der Waals surface area contributed by atoms with E-state index in [1.54, 1.807) is 38.1 Å². The molecule has 1 amide bonds. The molecule has 1 N–H and O–H groups in total. The Hall–Kier alpha value is -3.44. The first kappa shape index (κ1) is 22.7. The van der Waals surface area contributed by atoms with Gasteiger partial charge >= 0.3 is 0 Å². The molecule has 2 aromatic carbocycles. The van der Waals surface area contributed by atoms with E-state index in [2.05, 4.69) is 10.4 Å². The van der Waals surface area contributed by atoms with Crippen molar-refractivity contribution in [1.82, 2.24) is 9.78 Å². The maximum Gasteiger partial charge on any atom is 0.269 e. The predicted octanol–water partition coefficient (Wildman–Crippen LogP) is 3.66. The lowest BCUT2D eigenvalue weighted by Crippen LogP contribution is -2.43. The number of carbonyl (C=O) groups excluding carboxylic acids is 1. The fourth-order valence-corrected chi connectivity index (χ4v) is 4.99. The maximum absolute atomic E-state index is 13.1. The van der Waals surface area contributed by atoms with E-state index in [9.17, 15) is 23.3 Å². The summed E-state index contributed by atoms with van der Waals surface area (Å²) in [7, 11) is -3.39. The topological polar surface area (TPSA) is 133 Å². The minimum absolute atomic E-state index is 0.107. The highest BCUT2D eigenvalue weighted by Gasteiger charge is 2.36. The minimum atomic E-state index is -3.39. The Balaban J connectivity index is 1.67. The lowest BCUT2D eigenvalue weighted by Gasteiger charge is -2.25. The van der Waals surface area contributed by atoms with E-state index >= 15 is 0 Å². The number of benzene rings is 2. The third kappa shape index (κ3) is 4.69. The molecule has 12 heteroatoms. The van der Waals surface area contributed by atoms with E-state index in [4.69, 9.17) is 16.3 Å². The molecule has 1 aliphatic rings. The molecule has 1 aromatic heterocycles. The van der Waals surface area contributed by atoms with Gasteiger partial charge in [0.2, 0.25) is 0 Å². The van der Waals surface area contributed by atoms with Crippen LogP contribution in [0.4, 0.5) is 11.5 Å². The Morgan fingerprint density at radius 2 is 1.79 bits per heavy atom. The van der Waals surface area contributed by atoms with E-state index in [-0.39, 0.29) is 23.0 Å². The number of non-ortho nitro benzene ring substituents is 1. The van der Waals surface area contributed by atoms with Gasteiger partial charge in [0.05, 0.1) is 27.8 Å². The van der Waals surface area contributed by atoms with Crippen LogP contribution in [0.3, 0.4) is 0 Å². The molecule has 0 aliphatic carbocycles. The summed E-state index contributed by atoms with van der Waals surface area (Å²) in [5.74, 6) is -0.458. The van der Waals surface area contributed by atoms with Crippen LogP contribution in [0.2, 0.25) is 5.02 Å². The van der Waals surface area contributed by atoms with Gasteiger partial charge in [-0.15, -0.1) is 0 Å². The number of hydrogen-bond donors (Lipinski definition) is 1. The monoisotopic (exact) mass is 490 g/mol. The number of fused-ring (bicyclic) bond motifs is 1. The van der Waals surface area contributed by atoms with Crippen LogP contribution >= 0.6 is 11.6 Å². The smallest absolute Gasteiger partial charge is 0.269 e. The van der Waals surface area contributed by atoms with Crippen molar-refractivity contribution in [1.29, 1.82) is 0 Å². The summed E-state index contributed by atoms with van der Waals surface area (Å²) in [4.78, 5) is 23.6. The number of sulfone groups is 1. The second-order valence-electron chi connectivity index (χ2n) is 8.01. The van der Waals surface area contributed by atoms with Crippen LogP contribution in [0.15, 0.2) is 48.5 Å². The highest BCUT2D eigenvalue weighted by Crippen LogP contribution is 2.34. The van der Waals surface area contributed by atoms with Gasteiger partial charge < -0.3 is 10.1 Å². The zero-order valence-corrected chi connectivity index (χ0v) is 19.2. The molecule has 0 bridgehead atoms. The second-order valence-corrected chi connectivity index (χ2v) is 10.5. The molecule has 0 spiro atoms. The SMILES string of the molecule is CC(C)(Oc1ccc(Cl)cc1)C(=O)Nc1c2c(nn1-c1ccc([N+](=O)[O-])cc1)CS(=O)(=O)C2. The summed E-state index contributed by atoms with van der Waals surface area (Å²) in [6.45, 7) is 3.14. The number of nitro groups is 1. The van der Waals surface area contributed by atoms with Crippen LogP contribution in [0.25, 0.3) is 5.69 Å². The third-order valence-electron chi connectivity index (χ3n) is 5.06. The van der Waals surface area contributed by atoms with Gasteiger partial charge in [0.15, 0.2) is 15.4 Å². The summed E-state index contributed by atoms with van der Waals surface area (Å²) in [6.07, 6.45) is 0. The summed E-state index contributed by atoms with van der Waals surface area (Å²) in [5.41, 5.74) is -0.310. The van der Waals surface area contributed by atoms with Gasteiger partial charge in [-0.1, -0.05) is 11.6 Å². The molecule has 1 aliphatic heterocycles. The van der Waals surface area contributed by atoms with Gasteiger partial charge in [-0.2, -0.15) is 5.10 Å². The Labute approximate surface area is 194 Å². The van der Waals surface area contributed by atoms with Crippen molar-refractivity contribution in [2.24, 2.45) is 0 Å². The van der Waals surface area contributed by atoms with Gasteiger partial charge in [-0.05, 0) is 50.2 Å². The van der Waals surface area contributed by atoms with Crippen molar-refractivity contribution in [3.8, 4) is 11.4 Å². The number of ether oxygens (including phenoxy) is 1. The lowest BCUT2D eigenvalue weighted by atomic mass is 10.1. The quantitative estimate of drug-likeness (QED) is 0.411. The molecule has 3 aromatic rings. The van der Waals surface area contributed by atoms with Gasteiger partial charge in [-0.3, -0.25) is 14.9 Å². The van der Waals surface area contributed by atoms with Crippen LogP contribution in [-0.2, 0) is 26.1 Å². The number of amides is 1. The third-order valence-corrected chi connectivity index (χ3v) is 6.75. The minimum Gasteiger partial charge on any atom is -0.478 e. The van der Waals surface area contributed by atoms with Crippen LogP contribution in [0, 0.1) is 10.1 Å². The lowest BCUT2D eigenvalue weighted by molar-refractivity contribution is -0.384. The first-order chi connectivity index (χ1) is 15.4. The highest BCUT2D eigenvalue weighted by atomic mass is 35.5. The zero-order chi connectivity index (χ0) is 24.0. The van der Waals surface area contributed by atoms with Gasteiger partial charge in [0, 0.05) is 22.7 Å². The number of nitrogens with zero attached hydrogens (tertiary/aromatic N) is 3. The number of nitro benzene ring substituents is 1. The Morgan fingerprint density at radius 3 is 2.39 bits per heavy atom. The van der Waals surface area contributed by atoms with Crippen LogP contribution in [0.5, 0.6) is 5.75 Å². The Morgan fingerprint density at radius 1 is 1.15 bits per heavy atom. The second kappa shape index (κ2) is 8.16. The van der Waals surface area contributed by atoms with E-state index < -0.39 is 26.3 Å². The summed E-state index contributed by atoms with van der Waals surface area (Å²) >= 11 is 5.89. The van der Waals surface area contributed by atoms with E-state index in [0.29, 0.717) is 27.7 Å². The average molecular weight is 491 g/mol. The molecular weight excluding hydrogens is 472 g/mol. The molecule has 2 heterocycles. The van der Waals surface area contributed by atoms with Crippen molar-refractivity contribution in [3.05, 3.63) is 74.9 Å². The maximum atomic E-state index is 13.1. The summed E-state index contributed by atoms with van der Waals surface area (Å²) < 4.78 is 31.5. The van der Waals surface area contributed by atoms with E-state index in [1.807, 2.05) is 0 Å². The molecule has 0 saturated heterocycles. The van der Waals surface area contributed by atoms with E-state index in [1.165, 1.54) is 28.9 Å². The number of rotatable bonds is 6. The molecule has 0 saturated carbocycles. The molecule has 172 valence electrons. The van der Waals surface area contributed by atoms with Gasteiger partial charge in [0.25, 0.3) is 11.6 Å². The molecule has 10 nitrogen and oxygen atoms in total. The van der Waals surface area contributed by atoms with Crippen molar-refractivity contribution in [2.75, 3.05) is 5.32 Å². The largest absolute Gasteiger partial charge is 0.478 e. The highest BCUT2D eigenvalue weighted by molar-refractivity contribution is 7.90. The molecule has 0 unspecified atom stereocenters. The number of anilines is 1. The standard InChI is InChI=1S/C21H19ClN4O6S/c1-21(2,32-16-9-3-13(22)4-10-16)20(27)23-19-17-11-33(30,31)12-18(17)24-25(19)14-5-7-15(8-6-14)26(28)29/h3-10H,11-12H2,1-2H3,(H,23,27). The summed E-state index contributed by atoms with van der Waals surface area (Å²) in [5, 5.41) is 18.6. The molecule has 4 rings (SSSR count). The first-order valence-corrected chi connectivity index (χ1v) is 12.0. The molecule has 0 radical (unpaired) electrons. The van der Waals surface area contributed by atoms with E-state index in [0.717, 1.165) is 0 Å². The van der Waals surface area contributed by atoms with Crippen LogP contribution < -0.4 is 10.1 Å². The van der Waals surface area contributed by atoms with Gasteiger partial charge in [-0.25, -0.2) is 13.1 Å². The predicted molar refractivity (Wildman–Crippen MR) is 121 cm³/mol. The average Bonchev–Trinajstić information content (AvgIpc) is 3.22. The molecule has 33 heavy (non-hydrogen) atoms. The van der Waals surface area contributed by atoms with Crippen molar-refractivity contribution in [2.45, 2.75) is 31.0 Å². The first-order valence-electron chi connectivity index (χ1n) is 9.77. The molecule has 0 atom stereocenters. The fraction of sp³-hybridized carbons (Fsp3) is 0.238. The van der Waals surface area contributed by atoms with Crippen molar-refractivity contribution >= 4 is 38.9 Å². The van der Waals surface area contributed by atoms with Crippen molar-refractivity contribution < 1.29 is 22.9 Å². The van der Waals surface area contributed by atoms with Gasteiger partial charge in [0.1, 0.15) is 11.6 Å². The normalized spacial score (nSPS) is 14.5. The fourth-order valence-electron chi connectivity index (χ4n) is 3.37. The summed E-state index contributed by atoms with van der Waals surface area (Å²) in [6, 6.07) is 12.1. The van der Waals surface area contributed by atoms with Crippen LogP contribution in [-0.4, -0.2) is 34.6 Å².